The first kappa shape index (κ1) is 20.4. The lowest BCUT2D eigenvalue weighted by molar-refractivity contribution is -0.135. The van der Waals surface area contributed by atoms with Crippen molar-refractivity contribution in [2.45, 2.75) is 38.6 Å². The number of carbonyl (C=O) groups excluding carboxylic acids is 1. The van der Waals surface area contributed by atoms with E-state index in [9.17, 15) is 4.79 Å². The van der Waals surface area contributed by atoms with Crippen molar-refractivity contribution in [1.82, 2.24) is 24.9 Å². The Kier molecular flexibility index (Phi) is 7.35. The van der Waals surface area contributed by atoms with E-state index in [1.165, 1.54) is 25.9 Å². The summed E-state index contributed by atoms with van der Waals surface area (Å²) in [4.78, 5) is 26.3. The number of amides is 1. The first-order valence-corrected chi connectivity index (χ1v) is 10.8. The van der Waals surface area contributed by atoms with E-state index in [1.807, 2.05) is 11.9 Å². The van der Waals surface area contributed by atoms with Gasteiger partial charge in [-0.15, -0.1) is 0 Å². The Morgan fingerprint density at radius 2 is 1.74 bits per heavy atom. The third-order valence-electron chi connectivity index (χ3n) is 6.42. The molecule has 27 heavy (non-hydrogen) atoms. The molecule has 0 saturated carbocycles. The van der Waals surface area contributed by atoms with Crippen molar-refractivity contribution in [3.8, 4) is 0 Å². The molecule has 0 aromatic heterocycles. The predicted molar refractivity (Wildman–Crippen MR) is 110 cm³/mol. The lowest BCUT2D eigenvalue weighted by atomic mass is 9.98. The van der Waals surface area contributed by atoms with Crippen LogP contribution in [0, 0.1) is 5.92 Å². The minimum atomic E-state index is -0.00185. The van der Waals surface area contributed by atoms with E-state index in [-0.39, 0.29) is 6.04 Å². The van der Waals surface area contributed by atoms with Gasteiger partial charge < -0.3 is 20.0 Å². The predicted octanol–water partition coefficient (Wildman–Crippen LogP) is 0.532. The highest BCUT2D eigenvalue weighted by Crippen LogP contribution is 2.15. The minimum Gasteiger partial charge on any atom is -0.356 e. The lowest BCUT2D eigenvalue weighted by Gasteiger charge is -2.40. The fourth-order valence-electron chi connectivity index (χ4n) is 4.69. The van der Waals surface area contributed by atoms with Gasteiger partial charge in [-0.2, -0.15) is 0 Å². The maximum Gasteiger partial charge on any atom is 0.239 e. The van der Waals surface area contributed by atoms with Crippen LogP contribution in [-0.4, -0.2) is 111 Å². The average Bonchev–Trinajstić information content (AvgIpc) is 3.23. The van der Waals surface area contributed by atoms with Crippen molar-refractivity contribution in [3.05, 3.63) is 0 Å². The summed E-state index contributed by atoms with van der Waals surface area (Å²) in [5.41, 5.74) is 0. The Morgan fingerprint density at radius 1 is 1.04 bits per heavy atom. The molecule has 3 fully saturated rings. The molecule has 3 saturated heterocycles. The van der Waals surface area contributed by atoms with E-state index in [0.29, 0.717) is 11.8 Å². The lowest BCUT2D eigenvalue weighted by Crippen LogP contribution is -2.57. The van der Waals surface area contributed by atoms with Gasteiger partial charge in [0.2, 0.25) is 5.91 Å². The summed E-state index contributed by atoms with van der Waals surface area (Å²) in [7, 11) is 4.09. The molecule has 1 amide bonds. The number of nitrogens with one attached hydrogen (secondary N) is 1. The zero-order valence-corrected chi connectivity index (χ0v) is 17.5. The molecule has 0 spiro atoms. The van der Waals surface area contributed by atoms with Crippen LogP contribution in [0.25, 0.3) is 0 Å². The third kappa shape index (κ3) is 5.35. The molecule has 0 aromatic carbocycles. The van der Waals surface area contributed by atoms with Crippen LogP contribution < -0.4 is 5.32 Å². The van der Waals surface area contributed by atoms with E-state index in [1.54, 1.807) is 0 Å². The molecular weight excluding hydrogens is 340 g/mol. The summed E-state index contributed by atoms with van der Waals surface area (Å²) >= 11 is 0. The number of piperazine rings is 1. The molecule has 154 valence electrons. The second-order valence-corrected chi connectivity index (χ2v) is 8.43. The van der Waals surface area contributed by atoms with Crippen molar-refractivity contribution in [2.75, 3.05) is 73.0 Å². The van der Waals surface area contributed by atoms with Crippen molar-refractivity contribution in [3.63, 3.8) is 0 Å². The Morgan fingerprint density at radius 3 is 2.37 bits per heavy atom. The van der Waals surface area contributed by atoms with Crippen LogP contribution in [0.5, 0.6) is 0 Å². The molecule has 3 aliphatic rings. The quantitative estimate of drug-likeness (QED) is 0.571. The Labute approximate surface area is 164 Å². The number of likely N-dealkylation sites (tertiary alicyclic amines) is 2. The van der Waals surface area contributed by atoms with Gasteiger partial charge in [0.25, 0.3) is 0 Å². The Bertz CT molecular complexity index is 511. The summed E-state index contributed by atoms with van der Waals surface area (Å²) in [5, 5.41) is 3.60. The average molecular weight is 379 g/mol. The molecule has 3 rings (SSSR count). The van der Waals surface area contributed by atoms with E-state index in [2.05, 4.69) is 39.0 Å². The minimum absolute atomic E-state index is 0.00185. The molecular formula is C20H38N6O. The summed E-state index contributed by atoms with van der Waals surface area (Å²) in [6.07, 6.45) is 4.91. The van der Waals surface area contributed by atoms with Crippen LogP contribution in [-0.2, 0) is 4.79 Å². The van der Waals surface area contributed by atoms with Crippen molar-refractivity contribution < 1.29 is 4.79 Å². The number of piperidine rings is 1. The number of guanidine groups is 1. The molecule has 0 aliphatic carbocycles. The monoisotopic (exact) mass is 378 g/mol. The Balaban J connectivity index is 1.43. The van der Waals surface area contributed by atoms with Gasteiger partial charge in [0.1, 0.15) is 0 Å². The summed E-state index contributed by atoms with van der Waals surface area (Å²) in [6, 6.07) is -0.00185. The van der Waals surface area contributed by atoms with Crippen molar-refractivity contribution >= 4 is 11.9 Å². The van der Waals surface area contributed by atoms with E-state index < -0.39 is 0 Å². The second kappa shape index (κ2) is 9.73. The van der Waals surface area contributed by atoms with Gasteiger partial charge in [0.05, 0.1) is 6.04 Å². The highest BCUT2D eigenvalue weighted by Gasteiger charge is 2.30. The molecule has 2 atom stereocenters. The maximum atomic E-state index is 12.7. The van der Waals surface area contributed by atoms with E-state index >= 15 is 0 Å². The number of aliphatic imine (C=N–C) groups is 1. The van der Waals surface area contributed by atoms with Gasteiger partial charge in [0, 0.05) is 59.4 Å². The highest BCUT2D eigenvalue weighted by atomic mass is 16.2. The second-order valence-electron chi connectivity index (χ2n) is 8.43. The van der Waals surface area contributed by atoms with Gasteiger partial charge in [-0.25, -0.2) is 0 Å². The highest BCUT2D eigenvalue weighted by molar-refractivity contribution is 5.82. The number of hydrogen-bond acceptors (Lipinski definition) is 4. The number of rotatable bonds is 4. The largest absolute Gasteiger partial charge is 0.356 e. The zero-order valence-electron chi connectivity index (χ0n) is 17.5. The summed E-state index contributed by atoms with van der Waals surface area (Å²) in [6.45, 7) is 11.1. The fraction of sp³-hybridized carbons (Fsp3) is 0.900. The summed E-state index contributed by atoms with van der Waals surface area (Å²) < 4.78 is 0. The third-order valence-corrected chi connectivity index (χ3v) is 6.42. The van der Waals surface area contributed by atoms with Crippen molar-refractivity contribution in [2.24, 2.45) is 10.9 Å². The normalized spacial score (nSPS) is 27.1. The van der Waals surface area contributed by atoms with Crippen molar-refractivity contribution in [1.29, 1.82) is 0 Å². The van der Waals surface area contributed by atoms with Crippen LogP contribution in [0.4, 0.5) is 0 Å². The maximum absolute atomic E-state index is 12.7. The van der Waals surface area contributed by atoms with Gasteiger partial charge >= 0.3 is 0 Å². The van der Waals surface area contributed by atoms with E-state index in [0.717, 1.165) is 64.6 Å². The van der Waals surface area contributed by atoms with Crippen LogP contribution in [0.2, 0.25) is 0 Å². The van der Waals surface area contributed by atoms with Crippen LogP contribution in [0.1, 0.15) is 32.6 Å². The number of carbonyl (C=O) groups is 1. The molecule has 2 unspecified atom stereocenters. The smallest absolute Gasteiger partial charge is 0.239 e. The van der Waals surface area contributed by atoms with Gasteiger partial charge in [-0.05, 0) is 52.1 Å². The van der Waals surface area contributed by atoms with Crippen LogP contribution in [0.15, 0.2) is 4.99 Å². The molecule has 0 radical (unpaired) electrons. The molecule has 7 nitrogen and oxygen atoms in total. The molecule has 0 aromatic rings. The van der Waals surface area contributed by atoms with Crippen LogP contribution in [0.3, 0.4) is 0 Å². The first-order chi connectivity index (χ1) is 13.1. The first-order valence-electron chi connectivity index (χ1n) is 10.8. The molecule has 1 N–H and O–H groups in total. The summed E-state index contributed by atoms with van der Waals surface area (Å²) in [5.74, 6) is 2.03. The topological polar surface area (TPSA) is 54.4 Å². The molecule has 0 bridgehead atoms. The number of hydrogen-bond donors (Lipinski definition) is 1. The molecule has 3 aliphatic heterocycles. The Hall–Kier alpha value is -1.34. The van der Waals surface area contributed by atoms with Gasteiger partial charge in [-0.1, -0.05) is 0 Å². The SMILES string of the molecule is CN=C(NCC1CCCN(C)C1)N1CCN(C(C)C(=O)N2CCCC2)CC1. The zero-order chi connectivity index (χ0) is 19.2. The van der Waals surface area contributed by atoms with Gasteiger partial charge in [0.15, 0.2) is 5.96 Å². The van der Waals surface area contributed by atoms with E-state index in [4.69, 9.17) is 0 Å². The van der Waals surface area contributed by atoms with Crippen LogP contribution >= 0.6 is 0 Å². The fourth-order valence-corrected chi connectivity index (χ4v) is 4.69. The molecule has 3 heterocycles. The number of nitrogens with zero attached hydrogens (tertiary/aromatic N) is 5. The molecule has 7 heteroatoms. The van der Waals surface area contributed by atoms with Gasteiger partial charge in [-0.3, -0.25) is 14.7 Å². The standard InChI is InChI=1S/C20H38N6O/c1-17(19(27)25-9-4-5-10-25)24-11-13-26(14-12-24)20(21-2)22-15-18-7-6-8-23(3)16-18/h17-18H,4-16H2,1-3H3,(H,21,22).